The van der Waals surface area contributed by atoms with Crippen LogP contribution in [0.5, 0.6) is 0 Å². The zero-order chi connectivity index (χ0) is 5.28. The van der Waals surface area contributed by atoms with Crippen molar-refractivity contribution in [2.45, 2.75) is 19.8 Å². The molecule has 1 aliphatic rings. The van der Waals surface area contributed by atoms with Gasteiger partial charge in [-0.3, -0.25) is 0 Å². The first-order valence-corrected chi connectivity index (χ1v) is 3.04. The van der Waals surface area contributed by atoms with Gasteiger partial charge in [0.05, 0.1) is 0 Å². The first-order valence-electron chi connectivity index (χ1n) is 2.66. The molecule has 0 unspecified atom stereocenters. The van der Waals surface area contributed by atoms with Gasteiger partial charge in [0.15, 0.2) is 0 Å². The highest BCUT2D eigenvalue weighted by atomic mass is 35.5. The Balaban J connectivity index is 2.37. The zero-order valence-electron chi connectivity index (χ0n) is 4.45. The highest BCUT2D eigenvalue weighted by Crippen LogP contribution is 2.38. The molecule has 1 aliphatic carbocycles. The monoisotopic (exact) mass is 116 g/mol. The number of hydrogen-bond acceptors (Lipinski definition) is 0. The van der Waals surface area contributed by atoms with E-state index in [0.29, 0.717) is 0 Å². The van der Waals surface area contributed by atoms with Crippen LogP contribution in [0.15, 0.2) is 11.1 Å². The Morgan fingerprint density at radius 1 is 1.71 bits per heavy atom. The molecule has 1 saturated carbocycles. The van der Waals surface area contributed by atoms with Gasteiger partial charge in [-0.25, -0.2) is 0 Å². The molecule has 1 heteroatoms. The normalized spacial score (nSPS) is 22.9. The van der Waals surface area contributed by atoms with Crippen molar-refractivity contribution in [3.05, 3.63) is 11.1 Å². The third kappa shape index (κ3) is 1.20. The maximum Gasteiger partial charge on any atom is 0.0169 e. The molecule has 0 aliphatic heterocycles. The molecule has 0 amide bonds. The highest BCUT2D eigenvalue weighted by molar-refractivity contribution is 6.30. The van der Waals surface area contributed by atoms with E-state index >= 15 is 0 Å². The van der Waals surface area contributed by atoms with E-state index in [9.17, 15) is 0 Å². The van der Waals surface area contributed by atoms with Crippen molar-refractivity contribution in [2.75, 3.05) is 0 Å². The molecule has 0 bridgehead atoms. The Morgan fingerprint density at radius 2 is 2.29 bits per heavy atom. The van der Waals surface area contributed by atoms with Gasteiger partial charge in [0.2, 0.25) is 0 Å². The molecule has 0 nitrogen and oxygen atoms in total. The fourth-order valence-corrected chi connectivity index (χ4v) is 0.813. The molecule has 0 aromatic carbocycles. The Morgan fingerprint density at radius 3 is 2.43 bits per heavy atom. The van der Waals surface area contributed by atoms with Crippen LogP contribution in [-0.2, 0) is 0 Å². The summed E-state index contributed by atoms with van der Waals surface area (Å²) in [5, 5.41) is 1.06. The Hall–Kier alpha value is 0.0300. The summed E-state index contributed by atoms with van der Waals surface area (Å²) in [4.78, 5) is 0. The first-order chi connectivity index (χ1) is 3.34. The summed E-state index contributed by atoms with van der Waals surface area (Å²) in [6.07, 6.45) is 4.60. The van der Waals surface area contributed by atoms with E-state index in [2.05, 4.69) is 0 Å². The van der Waals surface area contributed by atoms with Crippen LogP contribution in [0.1, 0.15) is 19.8 Å². The fraction of sp³-hybridized carbons (Fsp3) is 0.667. The smallest absolute Gasteiger partial charge is 0.0169 e. The maximum absolute atomic E-state index is 5.72. The minimum atomic E-state index is 0.742. The Kier molecular flexibility index (Phi) is 1.38. The second-order valence-electron chi connectivity index (χ2n) is 1.95. The van der Waals surface area contributed by atoms with Gasteiger partial charge in [-0.1, -0.05) is 17.7 Å². The summed E-state index contributed by atoms with van der Waals surface area (Å²) < 4.78 is 0. The third-order valence-electron chi connectivity index (χ3n) is 1.24. The average Bonchev–Trinajstić information content (AvgIpc) is 2.44. The maximum atomic E-state index is 5.72. The van der Waals surface area contributed by atoms with Gasteiger partial charge in [-0.05, 0) is 25.7 Å². The molecule has 0 heterocycles. The zero-order valence-corrected chi connectivity index (χ0v) is 5.20. The summed E-state index contributed by atoms with van der Waals surface area (Å²) in [6, 6.07) is 0. The number of rotatable bonds is 1. The van der Waals surface area contributed by atoms with Gasteiger partial charge in [-0.2, -0.15) is 0 Å². The van der Waals surface area contributed by atoms with Crippen LogP contribution in [0.3, 0.4) is 0 Å². The van der Waals surface area contributed by atoms with Crippen LogP contribution in [-0.4, -0.2) is 0 Å². The largest absolute Gasteiger partial charge is 0.0892 e. The highest BCUT2D eigenvalue weighted by Gasteiger charge is 2.23. The fourth-order valence-electron chi connectivity index (χ4n) is 0.595. The van der Waals surface area contributed by atoms with Crippen LogP contribution in [0.2, 0.25) is 0 Å². The molecular formula is C6H9Cl. The molecule has 1 rings (SSSR count). The summed E-state index contributed by atoms with van der Waals surface area (Å²) in [5.74, 6) is 0.742. The third-order valence-corrected chi connectivity index (χ3v) is 1.77. The molecule has 0 N–H and O–H groups in total. The second-order valence-corrected chi connectivity index (χ2v) is 2.38. The van der Waals surface area contributed by atoms with Gasteiger partial charge >= 0.3 is 0 Å². The van der Waals surface area contributed by atoms with Crippen molar-refractivity contribution in [1.82, 2.24) is 0 Å². The standard InChI is InChI=1S/C6H9Cl/c1-2-6(7)5-3-4-5/h2,5H,3-4H2,1H3/b6-2+. The lowest BCUT2D eigenvalue weighted by Gasteiger charge is -1.85. The van der Waals surface area contributed by atoms with Crippen molar-refractivity contribution in [1.29, 1.82) is 0 Å². The van der Waals surface area contributed by atoms with E-state index in [1.54, 1.807) is 0 Å². The minimum Gasteiger partial charge on any atom is -0.0892 e. The SMILES string of the molecule is C/C=C(/Cl)C1CC1. The van der Waals surface area contributed by atoms with Crippen molar-refractivity contribution < 1.29 is 0 Å². The molecule has 1 fully saturated rings. The molecule has 0 aromatic rings. The van der Waals surface area contributed by atoms with E-state index in [1.165, 1.54) is 12.8 Å². The lowest BCUT2D eigenvalue weighted by Crippen LogP contribution is -1.68. The van der Waals surface area contributed by atoms with Crippen molar-refractivity contribution in [3.63, 3.8) is 0 Å². The van der Waals surface area contributed by atoms with Crippen LogP contribution in [0, 0.1) is 5.92 Å². The lowest BCUT2D eigenvalue weighted by atomic mass is 10.4. The predicted molar refractivity (Wildman–Crippen MR) is 32.3 cm³/mol. The number of hydrogen-bond donors (Lipinski definition) is 0. The molecule has 0 spiro atoms. The van der Waals surface area contributed by atoms with Crippen molar-refractivity contribution in [2.24, 2.45) is 5.92 Å². The van der Waals surface area contributed by atoms with Gasteiger partial charge < -0.3 is 0 Å². The van der Waals surface area contributed by atoms with Crippen molar-refractivity contribution in [3.8, 4) is 0 Å². The molecule has 0 aromatic heterocycles. The van der Waals surface area contributed by atoms with Crippen molar-refractivity contribution >= 4 is 11.6 Å². The van der Waals surface area contributed by atoms with E-state index in [4.69, 9.17) is 11.6 Å². The molecule has 0 radical (unpaired) electrons. The predicted octanol–water partition coefficient (Wildman–Crippen LogP) is 2.54. The molecular weight excluding hydrogens is 108 g/mol. The number of halogens is 1. The average molecular weight is 117 g/mol. The number of allylic oxidation sites excluding steroid dienone is 2. The van der Waals surface area contributed by atoms with Gasteiger partial charge in [-0.15, -0.1) is 0 Å². The topological polar surface area (TPSA) is 0 Å². The van der Waals surface area contributed by atoms with Crippen LogP contribution in [0.4, 0.5) is 0 Å². The summed E-state index contributed by atoms with van der Waals surface area (Å²) in [5.41, 5.74) is 0. The van der Waals surface area contributed by atoms with Crippen LogP contribution >= 0.6 is 11.6 Å². The van der Waals surface area contributed by atoms with E-state index in [0.717, 1.165) is 11.0 Å². The first kappa shape index (κ1) is 5.17. The summed E-state index contributed by atoms with van der Waals surface area (Å²) in [7, 11) is 0. The quantitative estimate of drug-likeness (QED) is 0.494. The van der Waals surface area contributed by atoms with E-state index in [1.807, 2.05) is 13.0 Å². The van der Waals surface area contributed by atoms with Crippen LogP contribution < -0.4 is 0 Å². The van der Waals surface area contributed by atoms with E-state index < -0.39 is 0 Å². The summed E-state index contributed by atoms with van der Waals surface area (Å²) in [6.45, 7) is 1.99. The second kappa shape index (κ2) is 1.87. The molecule has 0 saturated heterocycles. The van der Waals surface area contributed by atoms with Gasteiger partial charge in [0.1, 0.15) is 0 Å². The Labute approximate surface area is 49.2 Å². The molecule has 40 valence electrons. The molecule has 0 atom stereocenters. The Bertz CT molecular complexity index is 90.4. The minimum absolute atomic E-state index is 0.742. The van der Waals surface area contributed by atoms with Crippen LogP contribution in [0.25, 0.3) is 0 Å². The van der Waals surface area contributed by atoms with Gasteiger partial charge in [0, 0.05) is 5.03 Å². The van der Waals surface area contributed by atoms with E-state index in [-0.39, 0.29) is 0 Å². The van der Waals surface area contributed by atoms with Gasteiger partial charge in [0.25, 0.3) is 0 Å². The summed E-state index contributed by atoms with van der Waals surface area (Å²) >= 11 is 5.72. The lowest BCUT2D eigenvalue weighted by molar-refractivity contribution is 1.09. The molecule has 7 heavy (non-hydrogen) atoms.